The summed E-state index contributed by atoms with van der Waals surface area (Å²) in [4.78, 5) is 9.37. The number of rotatable bonds is 8. The number of hydrogen-bond acceptors (Lipinski definition) is 6. The molecule has 2 heterocycles. The number of aromatic nitrogens is 1. The van der Waals surface area contributed by atoms with E-state index in [0.717, 1.165) is 74.3 Å². The van der Waals surface area contributed by atoms with Crippen LogP contribution < -0.4 is 15.0 Å². The summed E-state index contributed by atoms with van der Waals surface area (Å²) in [7, 11) is 1.89. The Balaban J connectivity index is 1.17. The zero-order valence-corrected chi connectivity index (χ0v) is 19.4. The third kappa shape index (κ3) is 5.11. The summed E-state index contributed by atoms with van der Waals surface area (Å²) in [6.07, 6.45) is 2.16. The van der Waals surface area contributed by atoms with Crippen molar-refractivity contribution in [1.82, 2.24) is 9.88 Å². The SMILES string of the molecule is CNc1nc2cc(OCCCCN3CCN(c4cccc(Cl)c4Cl)CC3)ccc2s1. The van der Waals surface area contributed by atoms with Gasteiger partial charge in [-0.05, 0) is 43.7 Å². The molecule has 1 saturated heterocycles. The summed E-state index contributed by atoms with van der Waals surface area (Å²) in [6, 6.07) is 12.0. The normalized spacial score (nSPS) is 15.0. The molecule has 0 bridgehead atoms. The first kappa shape index (κ1) is 21.5. The molecule has 160 valence electrons. The molecule has 0 unspecified atom stereocenters. The maximum absolute atomic E-state index is 6.37. The van der Waals surface area contributed by atoms with Crippen LogP contribution in [0.3, 0.4) is 0 Å². The quantitative estimate of drug-likeness (QED) is 0.437. The lowest BCUT2D eigenvalue weighted by Crippen LogP contribution is -2.46. The minimum Gasteiger partial charge on any atom is -0.494 e. The average molecular weight is 465 g/mol. The lowest BCUT2D eigenvalue weighted by atomic mass is 10.2. The minimum absolute atomic E-state index is 0.619. The third-order valence-corrected chi connectivity index (χ3v) is 7.22. The second-order valence-electron chi connectivity index (χ2n) is 7.36. The van der Waals surface area contributed by atoms with Gasteiger partial charge in [-0.15, -0.1) is 0 Å². The van der Waals surface area contributed by atoms with E-state index in [1.54, 1.807) is 11.3 Å². The molecule has 1 N–H and O–H groups in total. The molecule has 0 radical (unpaired) electrons. The van der Waals surface area contributed by atoms with Gasteiger partial charge in [0.15, 0.2) is 5.13 Å². The molecule has 0 spiro atoms. The second-order valence-corrected chi connectivity index (χ2v) is 9.17. The largest absolute Gasteiger partial charge is 0.494 e. The monoisotopic (exact) mass is 464 g/mol. The summed E-state index contributed by atoms with van der Waals surface area (Å²) in [5.41, 5.74) is 2.02. The fourth-order valence-electron chi connectivity index (χ4n) is 3.68. The van der Waals surface area contributed by atoms with E-state index in [4.69, 9.17) is 27.9 Å². The number of halogens is 2. The molecule has 1 aromatic heterocycles. The number of nitrogens with zero attached hydrogens (tertiary/aromatic N) is 3. The van der Waals surface area contributed by atoms with Crippen molar-refractivity contribution in [3.8, 4) is 5.75 Å². The van der Waals surface area contributed by atoms with Crippen LogP contribution in [0, 0.1) is 0 Å². The van der Waals surface area contributed by atoms with Crippen LogP contribution in [0.5, 0.6) is 5.75 Å². The zero-order valence-electron chi connectivity index (χ0n) is 17.0. The summed E-state index contributed by atoms with van der Waals surface area (Å²) >= 11 is 14.2. The van der Waals surface area contributed by atoms with E-state index in [9.17, 15) is 0 Å². The van der Waals surface area contributed by atoms with E-state index in [1.165, 1.54) is 4.70 Å². The maximum Gasteiger partial charge on any atom is 0.183 e. The van der Waals surface area contributed by atoms with Gasteiger partial charge in [-0.25, -0.2) is 4.98 Å². The van der Waals surface area contributed by atoms with E-state index >= 15 is 0 Å². The van der Waals surface area contributed by atoms with Crippen molar-refractivity contribution in [3.05, 3.63) is 46.4 Å². The molecule has 30 heavy (non-hydrogen) atoms. The highest BCUT2D eigenvalue weighted by molar-refractivity contribution is 7.22. The Morgan fingerprint density at radius 3 is 2.73 bits per heavy atom. The number of benzene rings is 2. The van der Waals surface area contributed by atoms with E-state index < -0.39 is 0 Å². The molecular weight excluding hydrogens is 439 g/mol. The molecule has 0 saturated carbocycles. The molecule has 1 aliphatic rings. The molecule has 5 nitrogen and oxygen atoms in total. The van der Waals surface area contributed by atoms with Gasteiger partial charge < -0.3 is 15.0 Å². The fraction of sp³-hybridized carbons (Fsp3) is 0.409. The van der Waals surface area contributed by atoms with Crippen molar-refractivity contribution < 1.29 is 4.74 Å². The molecular formula is C22H26Cl2N4OS. The van der Waals surface area contributed by atoms with Crippen molar-refractivity contribution in [2.24, 2.45) is 0 Å². The van der Waals surface area contributed by atoms with Gasteiger partial charge in [-0.2, -0.15) is 0 Å². The number of ether oxygens (including phenoxy) is 1. The van der Waals surface area contributed by atoms with Crippen molar-refractivity contribution in [1.29, 1.82) is 0 Å². The van der Waals surface area contributed by atoms with E-state index in [2.05, 4.69) is 26.2 Å². The van der Waals surface area contributed by atoms with Crippen LogP contribution in [0.1, 0.15) is 12.8 Å². The number of fused-ring (bicyclic) bond motifs is 1. The first-order valence-corrected chi connectivity index (χ1v) is 11.8. The van der Waals surface area contributed by atoms with Crippen molar-refractivity contribution in [3.63, 3.8) is 0 Å². The van der Waals surface area contributed by atoms with Gasteiger partial charge in [0.1, 0.15) is 5.75 Å². The smallest absolute Gasteiger partial charge is 0.183 e. The van der Waals surface area contributed by atoms with Crippen LogP contribution in [-0.2, 0) is 0 Å². The van der Waals surface area contributed by atoms with E-state index in [1.807, 2.05) is 37.4 Å². The molecule has 0 amide bonds. The van der Waals surface area contributed by atoms with Crippen LogP contribution in [0.25, 0.3) is 10.2 Å². The van der Waals surface area contributed by atoms with Gasteiger partial charge >= 0.3 is 0 Å². The van der Waals surface area contributed by atoms with Crippen molar-refractivity contribution in [2.75, 3.05) is 56.6 Å². The molecule has 3 aromatic rings. The van der Waals surface area contributed by atoms with Crippen LogP contribution >= 0.6 is 34.5 Å². The van der Waals surface area contributed by atoms with E-state index in [0.29, 0.717) is 10.0 Å². The van der Waals surface area contributed by atoms with Crippen LogP contribution in [0.15, 0.2) is 36.4 Å². The highest BCUT2D eigenvalue weighted by Crippen LogP contribution is 2.33. The van der Waals surface area contributed by atoms with Crippen LogP contribution in [0.2, 0.25) is 10.0 Å². The third-order valence-electron chi connectivity index (χ3n) is 5.35. The van der Waals surface area contributed by atoms with Crippen molar-refractivity contribution in [2.45, 2.75) is 12.8 Å². The predicted octanol–water partition coefficient (Wildman–Crippen LogP) is 5.63. The Morgan fingerprint density at radius 1 is 1.10 bits per heavy atom. The Kier molecular flexibility index (Phi) is 7.20. The Labute approximate surface area is 191 Å². The second kappa shape index (κ2) is 10.1. The molecule has 0 atom stereocenters. The fourth-order valence-corrected chi connectivity index (χ4v) is 4.90. The van der Waals surface area contributed by atoms with Gasteiger partial charge in [-0.3, -0.25) is 4.90 Å². The van der Waals surface area contributed by atoms with Gasteiger partial charge in [-0.1, -0.05) is 40.6 Å². The molecule has 1 aliphatic heterocycles. The molecule has 1 fully saturated rings. The summed E-state index contributed by atoms with van der Waals surface area (Å²) in [6.45, 7) is 5.84. The lowest BCUT2D eigenvalue weighted by Gasteiger charge is -2.36. The number of hydrogen-bond donors (Lipinski definition) is 1. The van der Waals surface area contributed by atoms with Gasteiger partial charge in [0.25, 0.3) is 0 Å². The number of thiazole rings is 1. The maximum atomic E-state index is 6.37. The number of anilines is 2. The lowest BCUT2D eigenvalue weighted by molar-refractivity contribution is 0.238. The predicted molar refractivity (Wildman–Crippen MR) is 129 cm³/mol. The van der Waals surface area contributed by atoms with Crippen LogP contribution in [0.4, 0.5) is 10.8 Å². The topological polar surface area (TPSA) is 40.6 Å². The first-order chi connectivity index (χ1) is 14.6. The molecule has 8 heteroatoms. The number of piperazine rings is 1. The van der Waals surface area contributed by atoms with Crippen molar-refractivity contribution >= 4 is 55.6 Å². The van der Waals surface area contributed by atoms with E-state index in [-0.39, 0.29) is 0 Å². The van der Waals surface area contributed by atoms with Crippen LogP contribution in [-0.4, -0.2) is 56.3 Å². The highest BCUT2D eigenvalue weighted by Gasteiger charge is 2.19. The molecule has 2 aromatic carbocycles. The number of nitrogens with one attached hydrogen (secondary N) is 1. The van der Waals surface area contributed by atoms with Gasteiger partial charge in [0.05, 0.1) is 32.6 Å². The van der Waals surface area contributed by atoms with Gasteiger partial charge in [0.2, 0.25) is 0 Å². The Hall–Kier alpha value is -1.73. The molecule has 0 aliphatic carbocycles. The Bertz CT molecular complexity index is 988. The Morgan fingerprint density at radius 2 is 1.93 bits per heavy atom. The number of unbranched alkanes of at least 4 members (excludes halogenated alkanes) is 1. The first-order valence-electron chi connectivity index (χ1n) is 10.3. The van der Waals surface area contributed by atoms with Gasteiger partial charge in [0, 0.05) is 39.3 Å². The zero-order chi connectivity index (χ0) is 20.9. The molecule has 4 rings (SSSR count). The summed E-state index contributed by atoms with van der Waals surface area (Å²) in [5, 5.41) is 5.29. The highest BCUT2D eigenvalue weighted by atomic mass is 35.5. The average Bonchev–Trinajstić information content (AvgIpc) is 3.18. The summed E-state index contributed by atoms with van der Waals surface area (Å²) < 4.78 is 7.11. The summed E-state index contributed by atoms with van der Waals surface area (Å²) in [5.74, 6) is 0.891. The minimum atomic E-state index is 0.619. The standard InChI is InChI=1S/C22H26Cl2N4OS/c1-25-22-26-18-15-16(7-8-20(18)30-22)29-14-3-2-9-27-10-12-28(13-11-27)19-6-4-5-17(23)21(19)24/h4-8,15H,2-3,9-14H2,1H3,(H,25,26).